The summed E-state index contributed by atoms with van der Waals surface area (Å²) in [4.78, 5) is 40.9. The predicted octanol–water partition coefficient (Wildman–Crippen LogP) is 1.66. The van der Waals surface area contributed by atoms with Gasteiger partial charge in [-0.15, -0.1) is 0 Å². The predicted molar refractivity (Wildman–Crippen MR) is 123 cm³/mol. The highest BCUT2D eigenvalue weighted by Gasteiger charge is 2.21. The maximum absolute atomic E-state index is 12.7. The second-order valence-electron chi connectivity index (χ2n) is 8.15. The molecule has 0 radical (unpaired) electrons. The zero-order valence-corrected chi connectivity index (χ0v) is 19.4. The SMILES string of the molecule is CCc1cccc(CC)c1NC(=O)CN1CCCN(C(=O)CCC(=O)NN(C)C)CC1. The van der Waals surface area contributed by atoms with E-state index in [1.165, 1.54) is 0 Å². The van der Waals surface area contributed by atoms with Crippen LogP contribution in [0.3, 0.4) is 0 Å². The number of anilines is 1. The van der Waals surface area contributed by atoms with E-state index in [-0.39, 0.29) is 30.6 Å². The third kappa shape index (κ3) is 7.95. The Balaban J connectivity index is 1.84. The minimum Gasteiger partial charge on any atom is -0.341 e. The summed E-state index contributed by atoms with van der Waals surface area (Å²) in [6.07, 6.45) is 2.94. The standard InChI is InChI=1S/C23H37N5O3/c1-5-18-9-7-10-19(6-2)23(18)24-21(30)17-27-13-8-14-28(16-15-27)22(31)12-11-20(29)25-26(3)4/h7,9-10H,5-6,8,11-17H2,1-4H3,(H,24,30)(H,25,29). The molecule has 0 atom stereocenters. The van der Waals surface area contributed by atoms with Crippen LogP contribution in [0, 0.1) is 0 Å². The highest BCUT2D eigenvalue weighted by Crippen LogP contribution is 2.22. The number of nitrogens with zero attached hydrogens (tertiary/aromatic N) is 3. The quantitative estimate of drug-likeness (QED) is 0.581. The molecule has 0 unspecified atom stereocenters. The van der Waals surface area contributed by atoms with E-state index in [4.69, 9.17) is 0 Å². The fraction of sp³-hybridized carbons (Fsp3) is 0.609. The van der Waals surface area contributed by atoms with Gasteiger partial charge in [0.05, 0.1) is 6.54 Å². The van der Waals surface area contributed by atoms with E-state index in [9.17, 15) is 14.4 Å². The van der Waals surface area contributed by atoms with Crippen LogP contribution in [0.5, 0.6) is 0 Å². The normalized spacial score (nSPS) is 14.9. The van der Waals surface area contributed by atoms with Crippen LogP contribution >= 0.6 is 0 Å². The van der Waals surface area contributed by atoms with Crippen LogP contribution in [-0.2, 0) is 27.2 Å². The van der Waals surface area contributed by atoms with E-state index in [1.807, 2.05) is 11.0 Å². The van der Waals surface area contributed by atoms with E-state index in [1.54, 1.807) is 19.1 Å². The second kappa shape index (κ2) is 12.4. The van der Waals surface area contributed by atoms with Gasteiger partial charge >= 0.3 is 0 Å². The fourth-order valence-electron chi connectivity index (χ4n) is 3.85. The first-order valence-corrected chi connectivity index (χ1v) is 11.2. The summed E-state index contributed by atoms with van der Waals surface area (Å²) in [7, 11) is 3.48. The number of benzene rings is 1. The van der Waals surface area contributed by atoms with Gasteiger partial charge in [0, 0.05) is 58.8 Å². The molecule has 172 valence electrons. The molecule has 1 fully saturated rings. The maximum Gasteiger partial charge on any atom is 0.238 e. The summed E-state index contributed by atoms with van der Waals surface area (Å²) >= 11 is 0. The number of para-hydroxylation sites is 1. The molecule has 0 saturated carbocycles. The number of carbonyl (C=O) groups is 3. The molecular weight excluding hydrogens is 394 g/mol. The van der Waals surface area contributed by atoms with Crippen molar-refractivity contribution < 1.29 is 14.4 Å². The molecule has 0 spiro atoms. The Morgan fingerprint density at radius 1 is 0.935 bits per heavy atom. The van der Waals surface area contributed by atoms with Crippen LogP contribution in [0.4, 0.5) is 5.69 Å². The molecule has 3 amide bonds. The molecule has 1 aromatic carbocycles. The van der Waals surface area contributed by atoms with Gasteiger partial charge in [0.15, 0.2) is 0 Å². The van der Waals surface area contributed by atoms with Crippen molar-refractivity contribution in [3.63, 3.8) is 0 Å². The molecule has 0 aliphatic carbocycles. The number of hydrazine groups is 1. The number of carbonyl (C=O) groups excluding carboxylic acids is 3. The first-order chi connectivity index (χ1) is 14.8. The minimum absolute atomic E-state index is 0.00957. The Morgan fingerprint density at radius 3 is 2.23 bits per heavy atom. The molecular formula is C23H37N5O3. The number of hydrogen-bond acceptors (Lipinski definition) is 5. The van der Waals surface area contributed by atoms with Gasteiger partial charge in [0.1, 0.15) is 0 Å². The van der Waals surface area contributed by atoms with E-state index in [2.05, 4.69) is 41.6 Å². The average Bonchev–Trinajstić information content (AvgIpc) is 2.97. The van der Waals surface area contributed by atoms with Crippen molar-refractivity contribution in [2.45, 2.75) is 46.0 Å². The van der Waals surface area contributed by atoms with Crippen LogP contribution in [0.2, 0.25) is 0 Å². The summed E-state index contributed by atoms with van der Waals surface area (Å²) in [5.74, 6) is -0.189. The van der Waals surface area contributed by atoms with Gasteiger partial charge in [0.2, 0.25) is 17.7 Å². The summed E-state index contributed by atoms with van der Waals surface area (Å²) in [5, 5.41) is 4.69. The van der Waals surface area contributed by atoms with Crippen molar-refractivity contribution in [2.75, 3.05) is 52.1 Å². The Morgan fingerprint density at radius 2 is 1.61 bits per heavy atom. The molecule has 0 bridgehead atoms. The molecule has 8 heteroatoms. The highest BCUT2D eigenvalue weighted by atomic mass is 16.2. The van der Waals surface area contributed by atoms with E-state index in [0.29, 0.717) is 26.2 Å². The minimum atomic E-state index is -0.162. The first kappa shape index (κ1) is 24.8. The molecule has 31 heavy (non-hydrogen) atoms. The fourth-order valence-corrected chi connectivity index (χ4v) is 3.85. The summed E-state index contributed by atoms with van der Waals surface area (Å²) in [5.41, 5.74) is 5.90. The Kier molecular flexibility index (Phi) is 9.94. The van der Waals surface area contributed by atoms with E-state index < -0.39 is 0 Å². The van der Waals surface area contributed by atoms with Crippen molar-refractivity contribution in [3.05, 3.63) is 29.3 Å². The average molecular weight is 432 g/mol. The van der Waals surface area contributed by atoms with Crippen LogP contribution in [0.15, 0.2) is 18.2 Å². The van der Waals surface area contributed by atoms with Crippen molar-refractivity contribution in [1.82, 2.24) is 20.2 Å². The molecule has 1 saturated heterocycles. The maximum atomic E-state index is 12.7. The summed E-state index contributed by atoms with van der Waals surface area (Å²) in [6, 6.07) is 6.16. The third-order valence-corrected chi connectivity index (χ3v) is 5.49. The van der Waals surface area contributed by atoms with Gasteiger partial charge in [-0.25, -0.2) is 5.01 Å². The zero-order valence-electron chi connectivity index (χ0n) is 19.4. The summed E-state index contributed by atoms with van der Waals surface area (Å²) in [6.45, 7) is 7.16. The summed E-state index contributed by atoms with van der Waals surface area (Å²) < 4.78 is 0. The molecule has 8 nitrogen and oxygen atoms in total. The molecule has 0 aromatic heterocycles. The van der Waals surface area contributed by atoms with Gasteiger partial charge in [0.25, 0.3) is 0 Å². The van der Waals surface area contributed by atoms with E-state index >= 15 is 0 Å². The molecule has 1 aliphatic heterocycles. The lowest BCUT2D eigenvalue weighted by Crippen LogP contribution is -2.39. The molecule has 2 N–H and O–H groups in total. The van der Waals surface area contributed by atoms with Crippen molar-refractivity contribution >= 4 is 23.4 Å². The van der Waals surface area contributed by atoms with Gasteiger partial charge in [-0.1, -0.05) is 32.0 Å². The molecule has 1 aliphatic rings. The lowest BCUT2D eigenvalue weighted by Gasteiger charge is -2.22. The molecule has 2 rings (SSSR count). The van der Waals surface area contributed by atoms with Crippen LogP contribution < -0.4 is 10.7 Å². The van der Waals surface area contributed by atoms with Crippen LogP contribution in [-0.4, -0.2) is 79.3 Å². The van der Waals surface area contributed by atoms with E-state index in [0.717, 1.165) is 42.6 Å². The number of nitrogens with one attached hydrogen (secondary N) is 2. The smallest absolute Gasteiger partial charge is 0.238 e. The number of amides is 3. The highest BCUT2D eigenvalue weighted by molar-refractivity contribution is 5.94. The van der Waals surface area contributed by atoms with Gasteiger partial charge in [-0.05, 0) is 30.4 Å². The lowest BCUT2D eigenvalue weighted by molar-refractivity contribution is -0.134. The van der Waals surface area contributed by atoms with Crippen LogP contribution in [0.25, 0.3) is 0 Å². The largest absolute Gasteiger partial charge is 0.341 e. The molecule has 1 aromatic rings. The Labute approximate surface area is 185 Å². The Hall–Kier alpha value is -2.45. The van der Waals surface area contributed by atoms with Crippen molar-refractivity contribution in [2.24, 2.45) is 0 Å². The zero-order chi connectivity index (χ0) is 22.8. The van der Waals surface area contributed by atoms with Gasteiger partial charge in [-0.2, -0.15) is 0 Å². The number of hydrogen-bond donors (Lipinski definition) is 2. The number of rotatable bonds is 9. The first-order valence-electron chi connectivity index (χ1n) is 11.2. The van der Waals surface area contributed by atoms with Crippen molar-refractivity contribution in [3.8, 4) is 0 Å². The monoisotopic (exact) mass is 431 g/mol. The van der Waals surface area contributed by atoms with Gasteiger partial charge in [-0.3, -0.25) is 24.7 Å². The van der Waals surface area contributed by atoms with Gasteiger partial charge < -0.3 is 10.2 Å². The lowest BCUT2D eigenvalue weighted by atomic mass is 10.0. The topological polar surface area (TPSA) is 85.0 Å². The second-order valence-corrected chi connectivity index (χ2v) is 8.15. The van der Waals surface area contributed by atoms with Crippen LogP contribution in [0.1, 0.15) is 44.2 Å². The molecule has 1 heterocycles. The van der Waals surface area contributed by atoms with Crippen molar-refractivity contribution in [1.29, 1.82) is 0 Å². The Bertz CT molecular complexity index is 743. The number of aryl methyl sites for hydroxylation is 2. The third-order valence-electron chi connectivity index (χ3n) is 5.49.